The third kappa shape index (κ3) is 3.01. The molecule has 1 saturated carbocycles. The number of amides is 1. The fourth-order valence-corrected chi connectivity index (χ4v) is 3.27. The van der Waals surface area contributed by atoms with Gasteiger partial charge in [-0.3, -0.25) is 14.2 Å². The first-order valence-electron chi connectivity index (χ1n) is 8.65. The summed E-state index contributed by atoms with van der Waals surface area (Å²) in [6.45, 7) is 4.54. The molecular weight excluding hydrogens is 316 g/mol. The van der Waals surface area contributed by atoms with Crippen molar-refractivity contribution in [2.75, 3.05) is 0 Å². The van der Waals surface area contributed by atoms with Crippen molar-refractivity contribution in [2.45, 2.75) is 45.2 Å². The number of fused-ring (bicyclic) bond motifs is 1. The molecule has 0 bridgehead atoms. The monoisotopic (exact) mass is 338 g/mol. The van der Waals surface area contributed by atoms with Crippen molar-refractivity contribution in [2.24, 2.45) is 7.05 Å². The molecule has 0 aromatic carbocycles. The van der Waals surface area contributed by atoms with Gasteiger partial charge in [0.25, 0.3) is 5.91 Å². The lowest BCUT2D eigenvalue weighted by Gasteiger charge is -2.15. The summed E-state index contributed by atoms with van der Waals surface area (Å²) in [6.07, 6.45) is 5.92. The van der Waals surface area contributed by atoms with Crippen LogP contribution in [0.5, 0.6) is 0 Å². The Bertz CT molecular complexity index is 923. The Kier molecular flexibility index (Phi) is 3.78. The Morgan fingerprint density at radius 2 is 2.24 bits per heavy atom. The van der Waals surface area contributed by atoms with E-state index < -0.39 is 0 Å². The lowest BCUT2D eigenvalue weighted by Crippen LogP contribution is -2.36. The molecule has 7 heteroatoms. The van der Waals surface area contributed by atoms with Gasteiger partial charge in [-0.15, -0.1) is 0 Å². The van der Waals surface area contributed by atoms with Crippen LogP contribution in [0, 0.1) is 6.92 Å². The van der Waals surface area contributed by atoms with E-state index >= 15 is 0 Å². The second-order valence-corrected chi connectivity index (χ2v) is 6.88. The molecule has 1 aliphatic rings. The van der Waals surface area contributed by atoms with Gasteiger partial charge in [-0.1, -0.05) is 0 Å². The minimum Gasteiger partial charge on any atom is -0.348 e. The van der Waals surface area contributed by atoms with E-state index in [1.807, 2.05) is 43.9 Å². The number of hydrogen-bond donors (Lipinski definition) is 1. The highest BCUT2D eigenvalue weighted by Crippen LogP contribution is 2.40. The number of hydrogen-bond acceptors (Lipinski definition) is 4. The summed E-state index contributed by atoms with van der Waals surface area (Å²) in [7, 11) is 1.88. The maximum atomic E-state index is 12.9. The third-order valence-corrected chi connectivity index (χ3v) is 4.63. The number of aromatic nitrogens is 5. The largest absolute Gasteiger partial charge is 0.348 e. The fourth-order valence-electron chi connectivity index (χ4n) is 3.27. The van der Waals surface area contributed by atoms with Crippen LogP contribution in [0.3, 0.4) is 0 Å². The number of nitrogens with one attached hydrogen (secondary N) is 1. The normalized spacial score (nSPS) is 15.5. The van der Waals surface area contributed by atoms with Crippen molar-refractivity contribution in [3.63, 3.8) is 0 Å². The van der Waals surface area contributed by atoms with Crippen LogP contribution in [0.4, 0.5) is 0 Å². The molecular formula is C18H22N6O. The predicted molar refractivity (Wildman–Crippen MR) is 94.4 cm³/mol. The summed E-state index contributed by atoms with van der Waals surface area (Å²) in [5.41, 5.74) is 3.29. The van der Waals surface area contributed by atoms with Gasteiger partial charge in [-0.25, -0.2) is 4.98 Å². The highest BCUT2D eigenvalue weighted by Gasteiger charge is 2.28. The fraction of sp³-hybridized carbons (Fsp3) is 0.444. The van der Waals surface area contributed by atoms with Crippen molar-refractivity contribution >= 4 is 16.9 Å². The number of carbonyl (C=O) groups excluding carboxylic acids is 1. The summed E-state index contributed by atoms with van der Waals surface area (Å²) in [5, 5.41) is 12.6. The van der Waals surface area contributed by atoms with Gasteiger partial charge in [0.1, 0.15) is 0 Å². The number of pyridine rings is 1. The minimum atomic E-state index is -0.0787. The van der Waals surface area contributed by atoms with Gasteiger partial charge < -0.3 is 5.32 Å². The predicted octanol–water partition coefficient (Wildman–Crippen LogP) is 2.17. The van der Waals surface area contributed by atoms with Gasteiger partial charge in [0.15, 0.2) is 5.65 Å². The van der Waals surface area contributed by atoms with Crippen LogP contribution in [-0.4, -0.2) is 36.5 Å². The van der Waals surface area contributed by atoms with Crippen molar-refractivity contribution < 1.29 is 4.79 Å². The Hall–Kier alpha value is -2.70. The molecule has 1 fully saturated rings. The quantitative estimate of drug-likeness (QED) is 0.773. The van der Waals surface area contributed by atoms with Crippen LogP contribution in [0.25, 0.3) is 11.0 Å². The molecule has 3 aromatic rings. The average molecular weight is 338 g/mol. The minimum absolute atomic E-state index is 0.0306. The van der Waals surface area contributed by atoms with Crippen molar-refractivity contribution in [3.8, 4) is 0 Å². The standard InChI is InChI=1S/C18H22N6O/c1-11(10-24-8-4-7-19-24)20-18(25)14-9-15(13-5-6-13)21-17-16(14)12(2)22-23(17)3/h4,7-9,11,13H,5-6,10H2,1-3H3,(H,20,25). The topological polar surface area (TPSA) is 77.6 Å². The molecule has 1 unspecified atom stereocenters. The number of rotatable bonds is 5. The van der Waals surface area contributed by atoms with Gasteiger partial charge >= 0.3 is 0 Å². The first kappa shape index (κ1) is 15.8. The van der Waals surface area contributed by atoms with E-state index in [9.17, 15) is 4.79 Å². The zero-order chi connectivity index (χ0) is 17.6. The van der Waals surface area contributed by atoms with E-state index in [2.05, 4.69) is 15.5 Å². The summed E-state index contributed by atoms with van der Waals surface area (Å²) in [6, 6.07) is 3.80. The van der Waals surface area contributed by atoms with E-state index in [0.717, 1.165) is 35.3 Å². The van der Waals surface area contributed by atoms with E-state index in [0.29, 0.717) is 18.0 Å². The summed E-state index contributed by atoms with van der Waals surface area (Å²) >= 11 is 0. The molecule has 1 aliphatic carbocycles. The van der Waals surface area contributed by atoms with E-state index in [-0.39, 0.29) is 11.9 Å². The molecule has 4 rings (SSSR count). The van der Waals surface area contributed by atoms with Crippen LogP contribution in [0.15, 0.2) is 24.5 Å². The van der Waals surface area contributed by atoms with Crippen molar-refractivity contribution in [3.05, 3.63) is 41.5 Å². The first-order chi connectivity index (χ1) is 12.0. The lowest BCUT2D eigenvalue weighted by molar-refractivity contribution is 0.0937. The third-order valence-electron chi connectivity index (χ3n) is 4.63. The molecule has 0 radical (unpaired) electrons. The molecule has 1 N–H and O–H groups in total. The molecule has 130 valence electrons. The molecule has 0 spiro atoms. The Labute approximate surface area is 146 Å². The van der Waals surface area contributed by atoms with Gasteiger partial charge in [-0.2, -0.15) is 10.2 Å². The number of carbonyl (C=O) groups is 1. The molecule has 25 heavy (non-hydrogen) atoms. The number of aryl methyl sites for hydroxylation is 2. The smallest absolute Gasteiger partial charge is 0.252 e. The molecule has 0 saturated heterocycles. The van der Waals surface area contributed by atoms with E-state index in [1.165, 1.54) is 0 Å². The highest BCUT2D eigenvalue weighted by molar-refractivity contribution is 6.06. The van der Waals surface area contributed by atoms with Crippen molar-refractivity contribution in [1.29, 1.82) is 0 Å². The van der Waals surface area contributed by atoms with Crippen LogP contribution in [0.2, 0.25) is 0 Å². The maximum Gasteiger partial charge on any atom is 0.252 e. The van der Waals surface area contributed by atoms with Gasteiger partial charge in [0, 0.05) is 37.1 Å². The Morgan fingerprint density at radius 1 is 1.44 bits per heavy atom. The van der Waals surface area contributed by atoms with Crippen LogP contribution >= 0.6 is 0 Å². The highest BCUT2D eigenvalue weighted by atomic mass is 16.1. The molecule has 0 aliphatic heterocycles. The summed E-state index contributed by atoms with van der Waals surface area (Å²) in [4.78, 5) is 17.7. The second kappa shape index (κ2) is 5.98. The first-order valence-corrected chi connectivity index (χ1v) is 8.65. The zero-order valence-corrected chi connectivity index (χ0v) is 14.7. The Morgan fingerprint density at radius 3 is 2.92 bits per heavy atom. The summed E-state index contributed by atoms with van der Waals surface area (Å²) < 4.78 is 3.58. The molecule has 7 nitrogen and oxygen atoms in total. The van der Waals surface area contributed by atoms with Crippen LogP contribution in [-0.2, 0) is 13.6 Å². The van der Waals surface area contributed by atoms with Gasteiger partial charge in [0.2, 0.25) is 0 Å². The SMILES string of the molecule is Cc1nn(C)c2nc(C3CC3)cc(C(=O)NC(C)Cn3cccn3)c12. The molecule has 1 atom stereocenters. The van der Waals surface area contributed by atoms with Crippen LogP contribution < -0.4 is 5.32 Å². The van der Waals surface area contributed by atoms with E-state index in [4.69, 9.17) is 4.98 Å². The van der Waals surface area contributed by atoms with E-state index in [1.54, 1.807) is 10.9 Å². The second-order valence-electron chi connectivity index (χ2n) is 6.88. The average Bonchev–Trinajstić information content (AvgIpc) is 3.23. The van der Waals surface area contributed by atoms with Crippen molar-refractivity contribution in [1.82, 2.24) is 29.9 Å². The Balaban J connectivity index is 1.65. The lowest BCUT2D eigenvalue weighted by atomic mass is 10.1. The molecule has 1 amide bonds. The van der Waals surface area contributed by atoms with Crippen LogP contribution in [0.1, 0.15) is 47.4 Å². The van der Waals surface area contributed by atoms with Gasteiger partial charge in [0.05, 0.1) is 23.2 Å². The molecule has 3 aromatic heterocycles. The molecule has 3 heterocycles. The van der Waals surface area contributed by atoms with Gasteiger partial charge in [-0.05, 0) is 38.8 Å². The maximum absolute atomic E-state index is 12.9. The summed E-state index contributed by atoms with van der Waals surface area (Å²) in [5.74, 6) is 0.401. The zero-order valence-electron chi connectivity index (χ0n) is 14.7. The number of nitrogens with zero attached hydrogens (tertiary/aromatic N) is 5.